The van der Waals surface area contributed by atoms with Crippen molar-refractivity contribution in [3.63, 3.8) is 0 Å². The van der Waals surface area contributed by atoms with Crippen LogP contribution in [0.5, 0.6) is 0 Å². The SMILES string of the molecule is O=C(NO)c1cc(-c2ccc(N3CCN(c4ccccc4)CC3)cc2)nc2ccncc12. The van der Waals surface area contributed by atoms with Gasteiger partial charge in [-0.3, -0.25) is 15.0 Å². The molecular formula is C25H23N5O2. The summed E-state index contributed by atoms with van der Waals surface area (Å²) in [7, 11) is 0. The summed E-state index contributed by atoms with van der Waals surface area (Å²) < 4.78 is 0. The van der Waals surface area contributed by atoms with Crippen molar-refractivity contribution in [2.24, 2.45) is 0 Å². The van der Waals surface area contributed by atoms with Gasteiger partial charge in [0.25, 0.3) is 5.91 Å². The highest BCUT2D eigenvalue weighted by Gasteiger charge is 2.18. The number of amides is 1. The van der Waals surface area contributed by atoms with Crippen LogP contribution in [0.15, 0.2) is 79.1 Å². The van der Waals surface area contributed by atoms with E-state index in [0.717, 1.165) is 31.7 Å². The molecule has 2 aromatic heterocycles. The van der Waals surface area contributed by atoms with Crippen molar-refractivity contribution in [1.29, 1.82) is 0 Å². The molecule has 5 rings (SSSR count). The molecule has 1 aliphatic rings. The highest BCUT2D eigenvalue weighted by atomic mass is 16.5. The molecule has 1 aliphatic heterocycles. The quantitative estimate of drug-likeness (QED) is 0.383. The van der Waals surface area contributed by atoms with E-state index in [2.05, 4.69) is 56.2 Å². The molecule has 3 heterocycles. The van der Waals surface area contributed by atoms with Crippen LogP contribution in [0, 0.1) is 0 Å². The fourth-order valence-corrected chi connectivity index (χ4v) is 4.17. The van der Waals surface area contributed by atoms with E-state index in [1.807, 2.05) is 18.2 Å². The average molecular weight is 425 g/mol. The van der Waals surface area contributed by atoms with Gasteiger partial charge in [0.05, 0.1) is 16.8 Å². The Kier molecular flexibility index (Phi) is 5.39. The molecule has 4 aromatic rings. The van der Waals surface area contributed by atoms with Crippen molar-refractivity contribution in [3.8, 4) is 11.3 Å². The number of carbonyl (C=O) groups excluding carboxylic acids is 1. The second kappa shape index (κ2) is 8.64. The highest BCUT2D eigenvalue weighted by molar-refractivity contribution is 6.06. The largest absolute Gasteiger partial charge is 0.368 e. The minimum absolute atomic E-state index is 0.335. The van der Waals surface area contributed by atoms with Crippen LogP contribution in [0.25, 0.3) is 22.2 Å². The molecule has 32 heavy (non-hydrogen) atoms. The topological polar surface area (TPSA) is 81.6 Å². The van der Waals surface area contributed by atoms with Crippen LogP contribution in [0.3, 0.4) is 0 Å². The van der Waals surface area contributed by atoms with Crippen molar-refractivity contribution in [1.82, 2.24) is 15.4 Å². The number of para-hydroxylation sites is 1. The lowest BCUT2D eigenvalue weighted by Gasteiger charge is -2.37. The molecule has 7 nitrogen and oxygen atoms in total. The number of nitrogens with one attached hydrogen (secondary N) is 1. The number of rotatable bonds is 4. The third kappa shape index (κ3) is 3.86. The van der Waals surface area contributed by atoms with Crippen LogP contribution < -0.4 is 15.3 Å². The maximum absolute atomic E-state index is 12.2. The molecule has 1 fully saturated rings. The molecule has 0 aliphatic carbocycles. The molecular weight excluding hydrogens is 402 g/mol. The Hall–Kier alpha value is -3.97. The fourth-order valence-electron chi connectivity index (χ4n) is 4.17. The van der Waals surface area contributed by atoms with Crippen molar-refractivity contribution < 1.29 is 10.0 Å². The molecule has 1 amide bonds. The van der Waals surface area contributed by atoms with E-state index in [1.165, 1.54) is 11.4 Å². The van der Waals surface area contributed by atoms with E-state index >= 15 is 0 Å². The zero-order valence-electron chi connectivity index (χ0n) is 17.5. The lowest BCUT2D eigenvalue weighted by Crippen LogP contribution is -2.46. The van der Waals surface area contributed by atoms with Gasteiger partial charge in [0, 0.05) is 60.9 Å². The Morgan fingerprint density at radius 3 is 2.19 bits per heavy atom. The smallest absolute Gasteiger partial charge is 0.275 e. The van der Waals surface area contributed by atoms with Crippen LogP contribution in [0.1, 0.15) is 10.4 Å². The van der Waals surface area contributed by atoms with Gasteiger partial charge in [-0.25, -0.2) is 10.5 Å². The fraction of sp³-hybridized carbons (Fsp3) is 0.160. The summed E-state index contributed by atoms with van der Waals surface area (Å²) in [5.74, 6) is -0.584. The second-order valence-corrected chi connectivity index (χ2v) is 7.75. The monoisotopic (exact) mass is 425 g/mol. The Balaban J connectivity index is 1.36. The zero-order valence-corrected chi connectivity index (χ0v) is 17.5. The Morgan fingerprint density at radius 2 is 1.53 bits per heavy atom. The number of piperazine rings is 1. The lowest BCUT2D eigenvalue weighted by molar-refractivity contribution is 0.0708. The Morgan fingerprint density at radius 1 is 0.875 bits per heavy atom. The van der Waals surface area contributed by atoms with Gasteiger partial charge in [-0.1, -0.05) is 30.3 Å². The van der Waals surface area contributed by atoms with Gasteiger partial charge in [0.2, 0.25) is 0 Å². The molecule has 2 aromatic carbocycles. The van der Waals surface area contributed by atoms with Crippen molar-refractivity contribution in [2.75, 3.05) is 36.0 Å². The standard InChI is InChI=1S/C25H23N5O2/c31-25(28-32)21-16-24(27-23-10-11-26-17-22(21)23)18-6-8-20(9-7-18)30-14-12-29(13-15-30)19-4-2-1-3-5-19/h1-11,16-17,32H,12-15H2,(H,28,31). The molecule has 160 valence electrons. The van der Waals surface area contributed by atoms with Crippen molar-refractivity contribution in [2.45, 2.75) is 0 Å². The first-order chi connectivity index (χ1) is 15.7. The van der Waals surface area contributed by atoms with Crippen LogP contribution in [0.2, 0.25) is 0 Å². The number of hydroxylamine groups is 1. The molecule has 0 radical (unpaired) electrons. The third-order valence-electron chi connectivity index (χ3n) is 5.89. The number of nitrogens with zero attached hydrogens (tertiary/aromatic N) is 4. The number of hydrogen-bond donors (Lipinski definition) is 2. The molecule has 0 atom stereocenters. The van der Waals surface area contributed by atoms with Crippen molar-refractivity contribution in [3.05, 3.63) is 84.7 Å². The number of carbonyl (C=O) groups is 1. The second-order valence-electron chi connectivity index (χ2n) is 7.75. The Bertz CT molecular complexity index is 1240. The van der Waals surface area contributed by atoms with E-state index in [4.69, 9.17) is 5.21 Å². The minimum Gasteiger partial charge on any atom is -0.368 e. The van der Waals surface area contributed by atoms with Crippen LogP contribution in [-0.4, -0.2) is 47.3 Å². The van der Waals surface area contributed by atoms with Gasteiger partial charge < -0.3 is 9.80 Å². The van der Waals surface area contributed by atoms with Crippen LogP contribution in [-0.2, 0) is 0 Å². The number of pyridine rings is 2. The summed E-state index contributed by atoms with van der Waals surface area (Å²) in [6.07, 6.45) is 3.22. The first kappa shape index (κ1) is 20.0. The summed E-state index contributed by atoms with van der Waals surface area (Å²) in [5.41, 5.74) is 6.71. The summed E-state index contributed by atoms with van der Waals surface area (Å²) in [5, 5.41) is 9.73. The van der Waals surface area contributed by atoms with Gasteiger partial charge >= 0.3 is 0 Å². The molecule has 0 saturated carbocycles. The van der Waals surface area contributed by atoms with Crippen molar-refractivity contribution >= 4 is 28.2 Å². The summed E-state index contributed by atoms with van der Waals surface area (Å²) in [6, 6.07) is 22.2. The van der Waals surface area contributed by atoms with Gasteiger partial charge in [0.15, 0.2) is 0 Å². The summed E-state index contributed by atoms with van der Waals surface area (Å²) in [6.45, 7) is 3.86. The van der Waals surface area contributed by atoms with Gasteiger partial charge in [-0.15, -0.1) is 0 Å². The van der Waals surface area contributed by atoms with Gasteiger partial charge in [-0.2, -0.15) is 0 Å². The maximum atomic E-state index is 12.2. The van der Waals surface area contributed by atoms with E-state index in [-0.39, 0.29) is 0 Å². The first-order valence-electron chi connectivity index (χ1n) is 10.6. The molecule has 0 unspecified atom stereocenters. The maximum Gasteiger partial charge on any atom is 0.275 e. The number of benzene rings is 2. The number of aromatic nitrogens is 2. The number of anilines is 2. The molecule has 0 bridgehead atoms. The molecule has 1 saturated heterocycles. The predicted molar refractivity (Wildman–Crippen MR) is 125 cm³/mol. The van der Waals surface area contributed by atoms with Gasteiger partial charge in [0.1, 0.15) is 0 Å². The summed E-state index contributed by atoms with van der Waals surface area (Å²) in [4.78, 5) is 25.7. The van der Waals surface area contributed by atoms with Crippen LogP contribution in [0.4, 0.5) is 11.4 Å². The lowest BCUT2D eigenvalue weighted by atomic mass is 10.0. The van der Waals surface area contributed by atoms with Crippen LogP contribution >= 0.6 is 0 Å². The minimum atomic E-state index is -0.584. The zero-order chi connectivity index (χ0) is 21.9. The number of fused-ring (bicyclic) bond motifs is 1. The number of hydrogen-bond acceptors (Lipinski definition) is 6. The van der Waals surface area contributed by atoms with E-state index in [0.29, 0.717) is 22.2 Å². The first-order valence-corrected chi connectivity index (χ1v) is 10.6. The highest BCUT2D eigenvalue weighted by Crippen LogP contribution is 2.27. The van der Waals surface area contributed by atoms with E-state index in [9.17, 15) is 4.79 Å². The molecule has 0 spiro atoms. The predicted octanol–water partition coefficient (Wildman–Crippen LogP) is 3.74. The summed E-state index contributed by atoms with van der Waals surface area (Å²) >= 11 is 0. The third-order valence-corrected chi connectivity index (χ3v) is 5.89. The molecule has 2 N–H and O–H groups in total. The average Bonchev–Trinajstić information content (AvgIpc) is 2.88. The van der Waals surface area contributed by atoms with Gasteiger partial charge in [-0.05, 0) is 36.4 Å². The van der Waals surface area contributed by atoms with E-state index in [1.54, 1.807) is 30.0 Å². The van der Waals surface area contributed by atoms with E-state index < -0.39 is 5.91 Å². The molecule has 7 heteroatoms. The normalized spacial score (nSPS) is 13.9. The Labute approximate surface area is 185 Å².